The third kappa shape index (κ3) is 2.99. The van der Waals surface area contributed by atoms with Crippen LogP contribution in [0.15, 0.2) is 30.3 Å². The number of hydrogen-bond acceptors (Lipinski definition) is 3. The van der Waals surface area contributed by atoms with Crippen LogP contribution in [-0.4, -0.2) is 17.1 Å². The molecule has 0 fully saturated rings. The minimum atomic E-state index is -1.33. The second-order valence-corrected chi connectivity index (χ2v) is 2.78. The molecule has 1 rings (SSSR count). The molecular formula is C9H13ClN2O2. The van der Waals surface area contributed by atoms with Crippen LogP contribution < -0.4 is 11.5 Å². The van der Waals surface area contributed by atoms with Crippen LogP contribution >= 0.6 is 12.4 Å². The summed E-state index contributed by atoms with van der Waals surface area (Å²) >= 11 is 0. The molecule has 0 aliphatic heterocycles. The van der Waals surface area contributed by atoms with Crippen LogP contribution in [0.2, 0.25) is 0 Å². The molecule has 2 atom stereocenters. The van der Waals surface area contributed by atoms with Gasteiger partial charge in [-0.3, -0.25) is 4.79 Å². The van der Waals surface area contributed by atoms with Crippen LogP contribution in [0.1, 0.15) is 11.6 Å². The van der Waals surface area contributed by atoms with Crippen molar-refractivity contribution in [2.75, 3.05) is 0 Å². The van der Waals surface area contributed by atoms with Gasteiger partial charge in [-0.25, -0.2) is 0 Å². The van der Waals surface area contributed by atoms with E-state index in [2.05, 4.69) is 0 Å². The van der Waals surface area contributed by atoms with E-state index in [1.165, 1.54) is 0 Å². The summed E-state index contributed by atoms with van der Waals surface area (Å²) in [5.41, 5.74) is 11.2. The highest BCUT2D eigenvalue weighted by Crippen LogP contribution is 2.12. The Labute approximate surface area is 88.3 Å². The summed E-state index contributed by atoms with van der Waals surface area (Å²) in [5.74, 6) is -0.809. The number of halogens is 1. The van der Waals surface area contributed by atoms with Gasteiger partial charge in [0.25, 0.3) is 0 Å². The monoisotopic (exact) mass is 216 g/mol. The first-order valence-electron chi connectivity index (χ1n) is 3.91. The fraction of sp³-hybridized carbons (Fsp3) is 0.222. The van der Waals surface area contributed by atoms with E-state index < -0.39 is 18.1 Å². The lowest BCUT2D eigenvalue weighted by atomic mass is 10.0. The molecule has 0 saturated heterocycles. The number of benzene rings is 1. The van der Waals surface area contributed by atoms with Crippen molar-refractivity contribution in [3.05, 3.63) is 35.9 Å². The van der Waals surface area contributed by atoms with E-state index in [9.17, 15) is 9.90 Å². The number of primary amides is 1. The van der Waals surface area contributed by atoms with Crippen LogP contribution in [0.25, 0.3) is 0 Å². The molecule has 0 aliphatic carbocycles. The summed E-state index contributed by atoms with van der Waals surface area (Å²) in [4.78, 5) is 10.6. The number of carbonyl (C=O) groups is 1. The summed E-state index contributed by atoms with van der Waals surface area (Å²) in [6.07, 6.45) is -1.33. The number of nitrogens with two attached hydrogens (primary N) is 2. The second-order valence-electron chi connectivity index (χ2n) is 2.78. The smallest absolute Gasteiger partial charge is 0.248 e. The van der Waals surface area contributed by atoms with Gasteiger partial charge < -0.3 is 16.6 Å². The van der Waals surface area contributed by atoms with Crippen molar-refractivity contribution in [2.45, 2.75) is 12.1 Å². The van der Waals surface area contributed by atoms with Gasteiger partial charge in [0.1, 0.15) is 0 Å². The highest BCUT2D eigenvalue weighted by atomic mass is 35.5. The molecule has 1 aromatic rings. The minimum Gasteiger partial charge on any atom is -0.381 e. The van der Waals surface area contributed by atoms with Gasteiger partial charge >= 0.3 is 0 Å². The number of rotatable bonds is 3. The zero-order valence-corrected chi connectivity index (χ0v) is 8.28. The van der Waals surface area contributed by atoms with Crippen LogP contribution in [0, 0.1) is 0 Å². The standard InChI is InChI=1S/C9H12N2O2.ClH/c10-7(8(12)9(11)13)6-4-2-1-3-5-6;/h1-5,7-8,12H,10H2,(H2,11,13);1H. The lowest BCUT2D eigenvalue weighted by Gasteiger charge is -2.15. The zero-order chi connectivity index (χ0) is 9.84. The maximum absolute atomic E-state index is 10.6. The Morgan fingerprint density at radius 3 is 2.21 bits per heavy atom. The van der Waals surface area contributed by atoms with E-state index in [0.717, 1.165) is 0 Å². The fourth-order valence-electron chi connectivity index (χ4n) is 1.03. The first-order chi connectivity index (χ1) is 6.13. The molecule has 0 heterocycles. The zero-order valence-electron chi connectivity index (χ0n) is 7.46. The summed E-state index contributed by atoms with van der Waals surface area (Å²) in [5, 5.41) is 9.25. The molecule has 0 aromatic heterocycles. The normalized spacial score (nSPS) is 13.9. The second kappa shape index (κ2) is 5.59. The Morgan fingerprint density at radius 2 is 1.79 bits per heavy atom. The summed E-state index contributed by atoms with van der Waals surface area (Å²) in [6.45, 7) is 0. The molecule has 0 saturated carbocycles. The average molecular weight is 217 g/mol. The van der Waals surface area contributed by atoms with Crippen LogP contribution in [-0.2, 0) is 4.79 Å². The average Bonchev–Trinajstić information content (AvgIpc) is 2.17. The lowest BCUT2D eigenvalue weighted by Crippen LogP contribution is -2.37. The number of aliphatic hydroxyl groups excluding tert-OH is 1. The van der Waals surface area contributed by atoms with E-state index in [0.29, 0.717) is 5.56 Å². The maximum atomic E-state index is 10.6. The van der Waals surface area contributed by atoms with Crippen molar-refractivity contribution >= 4 is 18.3 Å². The maximum Gasteiger partial charge on any atom is 0.248 e. The van der Waals surface area contributed by atoms with Gasteiger partial charge in [-0.2, -0.15) is 0 Å². The molecule has 2 unspecified atom stereocenters. The first kappa shape index (κ1) is 12.9. The van der Waals surface area contributed by atoms with Crippen LogP contribution in [0.5, 0.6) is 0 Å². The highest BCUT2D eigenvalue weighted by Gasteiger charge is 2.21. The number of amides is 1. The van der Waals surface area contributed by atoms with E-state index >= 15 is 0 Å². The Balaban J connectivity index is 0.00000169. The molecule has 4 nitrogen and oxygen atoms in total. The predicted molar refractivity (Wildman–Crippen MR) is 55.8 cm³/mol. The molecule has 5 N–H and O–H groups in total. The third-order valence-corrected chi connectivity index (χ3v) is 1.82. The highest BCUT2D eigenvalue weighted by molar-refractivity contribution is 5.85. The third-order valence-electron chi connectivity index (χ3n) is 1.82. The molecule has 0 spiro atoms. The van der Waals surface area contributed by atoms with Crippen molar-refractivity contribution < 1.29 is 9.90 Å². The van der Waals surface area contributed by atoms with Crippen molar-refractivity contribution in [2.24, 2.45) is 11.5 Å². The molecule has 1 amide bonds. The molecule has 78 valence electrons. The summed E-state index contributed by atoms with van der Waals surface area (Å²) in [7, 11) is 0. The van der Waals surface area contributed by atoms with Crippen molar-refractivity contribution in [1.29, 1.82) is 0 Å². The quantitative estimate of drug-likeness (QED) is 0.662. The van der Waals surface area contributed by atoms with E-state index in [-0.39, 0.29) is 12.4 Å². The Morgan fingerprint density at radius 1 is 1.29 bits per heavy atom. The fourth-order valence-corrected chi connectivity index (χ4v) is 1.03. The molecular weight excluding hydrogens is 204 g/mol. The van der Waals surface area contributed by atoms with E-state index in [1.807, 2.05) is 6.07 Å². The van der Waals surface area contributed by atoms with Crippen molar-refractivity contribution in [3.8, 4) is 0 Å². The van der Waals surface area contributed by atoms with Gasteiger partial charge in [-0.15, -0.1) is 12.4 Å². The van der Waals surface area contributed by atoms with Crippen LogP contribution in [0.4, 0.5) is 0 Å². The number of hydrogen-bond donors (Lipinski definition) is 3. The van der Waals surface area contributed by atoms with Gasteiger partial charge in [0, 0.05) is 0 Å². The van der Waals surface area contributed by atoms with Gasteiger partial charge in [0.2, 0.25) is 5.91 Å². The van der Waals surface area contributed by atoms with E-state index in [1.54, 1.807) is 24.3 Å². The van der Waals surface area contributed by atoms with E-state index in [4.69, 9.17) is 11.5 Å². The molecule has 5 heteroatoms. The SMILES string of the molecule is Cl.NC(=O)C(O)C(N)c1ccccc1. The minimum absolute atomic E-state index is 0. The molecule has 14 heavy (non-hydrogen) atoms. The Hall–Kier alpha value is -1.10. The van der Waals surface area contributed by atoms with Gasteiger partial charge in [-0.1, -0.05) is 30.3 Å². The Kier molecular flexibility index (Phi) is 5.15. The first-order valence-corrected chi connectivity index (χ1v) is 3.91. The number of aliphatic hydroxyl groups is 1. The summed E-state index contributed by atoms with van der Waals surface area (Å²) in [6, 6.07) is 8.10. The molecule has 0 bridgehead atoms. The van der Waals surface area contributed by atoms with Gasteiger partial charge in [-0.05, 0) is 5.56 Å². The molecule has 0 radical (unpaired) electrons. The molecule has 1 aromatic carbocycles. The Bertz CT molecular complexity index is 292. The van der Waals surface area contributed by atoms with Crippen molar-refractivity contribution in [3.63, 3.8) is 0 Å². The largest absolute Gasteiger partial charge is 0.381 e. The van der Waals surface area contributed by atoms with Gasteiger partial charge in [0.05, 0.1) is 6.04 Å². The summed E-state index contributed by atoms with van der Waals surface area (Å²) < 4.78 is 0. The number of carbonyl (C=O) groups excluding carboxylic acids is 1. The molecule has 0 aliphatic rings. The predicted octanol–water partition coefficient (Wildman–Crippen LogP) is -0.0456. The van der Waals surface area contributed by atoms with Crippen molar-refractivity contribution in [1.82, 2.24) is 0 Å². The topological polar surface area (TPSA) is 89.3 Å². The lowest BCUT2D eigenvalue weighted by molar-refractivity contribution is -0.127. The van der Waals surface area contributed by atoms with Gasteiger partial charge in [0.15, 0.2) is 6.10 Å². The van der Waals surface area contributed by atoms with Crippen LogP contribution in [0.3, 0.4) is 0 Å².